The van der Waals surface area contributed by atoms with Crippen LogP contribution in [-0.4, -0.2) is 199 Å². The van der Waals surface area contributed by atoms with E-state index in [0.29, 0.717) is 169 Å². The van der Waals surface area contributed by atoms with E-state index < -0.39 is 24.2 Å². The highest BCUT2D eigenvalue weighted by molar-refractivity contribution is 6.07. The Morgan fingerprint density at radius 2 is 1.19 bits per heavy atom. The highest BCUT2D eigenvalue weighted by atomic mass is 16.6. The van der Waals surface area contributed by atoms with E-state index in [1.807, 2.05) is 109 Å². The maximum Gasteiger partial charge on any atom is 0.411 e. The first-order valence-corrected chi connectivity index (χ1v) is 33.2. The van der Waals surface area contributed by atoms with Gasteiger partial charge in [0.1, 0.15) is 6.04 Å². The van der Waals surface area contributed by atoms with Crippen molar-refractivity contribution in [3.05, 3.63) is 161 Å². The number of unbranched alkanes of at least 4 members (excludes halogenated alkanes) is 4. The van der Waals surface area contributed by atoms with Crippen LogP contribution in [0.4, 0.5) is 15.3 Å². The summed E-state index contributed by atoms with van der Waals surface area (Å²) in [6, 6.07) is 34.0. The molecule has 6 aromatic rings. The first-order chi connectivity index (χ1) is 46.7. The lowest BCUT2D eigenvalue weighted by molar-refractivity contribution is -0.133. The van der Waals surface area contributed by atoms with E-state index in [9.17, 15) is 24.0 Å². The van der Waals surface area contributed by atoms with Gasteiger partial charge in [0.05, 0.1) is 116 Å². The predicted octanol–water partition coefficient (Wildman–Crippen LogP) is 9.22. The third kappa shape index (κ3) is 21.6. The molecule has 23 heteroatoms. The van der Waals surface area contributed by atoms with Gasteiger partial charge in [-0.3, -0.25) is 29.3 Å². The molecule has 1 aliphatic carbocycles. The number of carbonyl (C=O) groups is 5. The summed E-state index contributed by atoms with van der Waals surface area (Å²) >= 11 is 0. The molecule has 95 heavy (non-hydrogen) atoms. The minimum absolute atomic E-state index is 0.0878. The monoisotopic (exact) mass is 1310 g/mol. The average Bonchev–Trinajstić information content (AvgIpc) is 1.75. The molecular weight excluding hydrogens is 1210 g/mol. The summed E-state index contributed by atoms with van der Waals surface area (Å²) in [5.41, 5.74) is 9.85. The zero-order chi connectivity index (χ0) is 66.2. The molecule has 23 nitrogen and oxygen atoms in total. The molecule has 508 valence electrons. The highest BCUT2D eigenvalue weighted by Crippen LogP contribution is 2.45. The molecule has 4 aromatic carbocycles. The Morgan fingerprint density at radius 3 is 1.84 bits per heavy atom. The summed E-state index contributed by atoms with van der Waals surface area (Å²) in [7, 11) is 3.23. The molecule has 3 aliphatic rings. The van der Waals surface area contributed by atoms with Gasteiger partial charge in [-0.2, -0.15) is 5.10 Å². The molecule has 0 fully saturated rings. The summed E-state index contributed by atoms with van der Waals surface area (Å²) < 4.78 is 49.7. The second-order valence-electron chi connectivity index (χ2n) is 23.3. The predicted molar refractivity (Wildman–Crippen MR) is 359 cm³/mol. The largest absolute Gasteiger partial charge is 0.436 e. The summed E-state index contributed by atoms with van der Waals surface area (Å²) in [5, 5.41) is 16.5. The SMILES string of the molecule is COCCOCCOCCOCCOCCOCCOCCOCCC(=O)NCCCC[C@@H](C(=O)NCCCCCCN1N=C(c2ccc(NC(=O)N3Cc4ccncc4C3)cc2)C[C@@H](c2cccc3ncccc23)C1=O)N(C)C(=O)OC1c2ccccc2-c2ccccc21. The number of ether oxygens (including phenoxy) is 9. The van der Waals surface area contributed by atoms with Crippen LogP contribution in [0.1, 0.15) is 103 Å². The number of likely N-dealkylation sites (N-methyl/N-ethyl adjacent to an activating group) is 1. The Kier molecular flexibility index (Phi) is 29.1. The topological polar surface area (TPSA) is 252 Å². The third-order valence-electron chi connectivity index (χ3n) is 16.7. The van der Waals surface area contributed by atoms with Crippen LogP contribution in [0.15, 0.2) is 133 Å². The highest BCUT2D eigenvalue weighted by Gasteiger charge is 2.36. The van der Waals surface area contributed by atoms with Crippen molar-refractivity contribution in [2.45, 2.75) is 88.9 Å². The Balaban J connectivity index is 0.689. The van der Waals surface area contributed by atoms with E-state index in [2.05, 4.69) is 25.9 Å². The van der Waals surface area contributed by atoms with Crippen molar-refractivity contribution < 1.29 is 66.6 Å². The lowest BCUT2D eigenvalue weighted by atomic mass is 9.86. The molecule has 0 unspecified atom stereocenters. The fraction of sp³-hybridized carbons (Fsp3) is 0.472. The lowest BCUT2D eigenvalue weighted by Crippen LogP contribution is -2.48. The Labute approximate surface area is 556 Å². The van der Waals surface area contributed by atoms with Crippen LogP contribution in [0.2, 0.25) is 0 Å². The van der Waals surface area contributed by atoms with Gasteiger partial charge in [0.2, 0.25) is 11.8 Å². The number of urea groups is 1. The minimum Gasteiger partial charge on any atom is -0.436 e. The Morgan fingerprint density at radius 1 is 0.600 bits per heavy atom. The average molecular weight is 1310 g/mol. The van der Waals surface area contributed by atoms with E-state index in [0.717, 1.165) is 74.0 Å². The number of nitrogens with one attached hydrogen (secondary N) is 3. The summed E-state index contributed by atoms with van der Waals surface area (Å²) in [6.45, 7) is 8.91. The maximum absolute atomic E-state index is 14.5. The first kappa shape index (κ1) is 71.0. The van der Waals surface area contributed by atoms with Crippen LogP contribution >= 0.6 is 0 Å². The number of rotatable bonds is 42. The molecule has 0 saturated heterocycles. The van der Waals surface area contributed by atoms with Crippen LogP contribution in [0.5, 0.6) is 0 Å². The quantitative estimate of drug-likeness (QED) is 0.0302. The van der Waals surface area contributed by atoms with Crippen LogP contribution in [0, 0.1) is 0 Å². The van der Waals surface area contributed by atoms with Gasteiger partial charge in [-0.1, -0.05) is 91.7 Å². The van der Waals surface area contributed by atoms with Crippen molar-refractivity contribution >= 4 is 52.1 Å². The molecule has 9 rings (SSSR count). The zero-order valence-corrected chi connectivity index (χ0v) is 54.8. The van der Waals surface area contributed by atoms with Gasteiger partial charge < -0.3 is 63.5 Å². The number of benzene rings is 4. The molecule has 0 spiro atoms. The van der Waals surface area contributed by atoms with E-state index in [4.69, 9.17) is 47.7 Å². The maximum atomic E-state index is 14.5. The fourth-order valence-electron chi connectivity index (χ4n) is 11.6. The molecule has 4 heterocycles. The lowest BCUT2D eigenvalue weighted by Gasteiger charge is -2.30. The van der Waals surface area contributed by atoms with E-state index in [-0.39, 0.29) is 36.8 Å². The standard InChI is InChI=1S/C72H91N9O14/c1-79(72(86)95-68-61-17-7-5-15-57(61)58-16-6-8-18-62(58)68)66(22-9-11-29-75-67(82)28-34-88-37-38-90-41-42-92-45-46-94-48-47-93-44-43-91-40-39-89-36-35-87-2)69(83)76-30-10-3-4-12-33-81-70(84)63(59-19-13-21-64-60(59)20-14-31-74-64)49-65(78-81)53-23-25-56(26-24-53)77-71(85)80-51-54-27-32-73-50-55(54)52-80/h5-8,13-21,23-27,31-32,50,63,66,68H,3-4,9-12,22,28-30,33-49,51-52H2,1-2H3,(H,75,82)(H,76,83)(H,77,85)/t63-,66-/m0/s1. The number of hydrogen-bond acceptors (Lipinski definition) is 17. The van der Waals surface area contributed by atoms with Crippen LogP contribution in [0.25, 0.3) is 22.0 Å². The number of methoxy groups -OCH3 is 1. The van der Waals surface area contributed by atoms with Gasteiger partial charge in [0.25, 0.3) is 5.91 Å². The summed E-state index contributed by atoms with van der Waals surface area (Å²) in [4.78, 5) is 80.7. The van der Waals surface area contributed by atoms with Gasteiger partial charge in [-0.15, -0.1) is 0 Å². The number of nitrogens with zero attached hydrogens (tertiary/aromatic N) is 6. The smallest absolute Gasteiger partial charge is 0.411 e. The molecule has 3 N–H and O–H groups in total. The van der Waals surface area contributed by atoms with Crippen molar-refractivity contribution in [1.29, 1.82) is 0 Å². The molecular formula is C72H91N9O14. The Bertz CT molecular complexity index is 3350. The van der Waals surface area contributed by atoms with Gasteiger partial charge in [0.15, 0.2) is 6.10 Å². The Hall–Kier alpha value is -8.26. The number of hydrogen-bond donors (Lipinski definition) is 3. The number of aromatic nitrogens is 2. The van der Waals surface area contributed by atoms with Gasteiger partial charge in [-0.05, 0) is 95.8 Å². The molecule has 2 aromatic heterocycles. The number of amides is 6. The van der Waals surface area contributed by atoms with Crippen LogP contribution < -0.4 is 16.0 Å². The summed E-state index contributed by atoms with van der Waals surface area (Å²) in [5.74, 6) is -1.04. The number of anilines is 1. The molecule has 0 bridgehead atoms. The molecule has 6 amide bonds. The third-order valence-corrected chi connectivity index (χ3v) is 16.7. The fourth-order valence-corrected chi connectivity index (χ4v) is 11.6. The first-order valence-electron chi connectivity index (χ1n) is 33.2. The molecule has 2 atom stereocenters. The van der Waals surface area contributed by atoms with E-state index in [1.165, 1.54) is 4.90 Å². The van der Waals surface area contributed by atoms with Crippen molar-refractivity contribution in [2.75, 3.05) is 138 Å². The zero-order valence-electron chi connectivity index (χ0n) is 54.8. The van der Waals surface area contributed by atoms with Crippen LogP contribution in [0.3, 0.4) is 0 Å². The minimum atomic E-state index is -0.846. The second-order valence-corrected chi connectivity index (χ2v) is 23.3. The van der Waals surface area contributed by atoms with Crippen molar-refractivity contribution in [1.82, 2.24) is 35.4 Å². The number of fused-ring (bicyclic) bond motifs is 5. The van der Waals surface area contributed by atoms with E-state index in [1.54, 1.807) is 42.7 Å². The van der Waals surface area contributed by atoms with Gasteiger partial charge in [0, 0.05) is 101 Å². The van der Waals surface area contributed by atoms with Crippen molar-refractivity contribution in [2.24, 2.45) is 5.10 Å². The molecule has 2 aliphatic heterocycles. The number of carbonyl (C=O) groups excluding carboxylic acids is 5. The normalized spacial score (nSPS) is 14.5. The van der Waals surface area contributed by atoms with E-state index >= 15 is 0 Å². The van der Waals surface area contributed by atoms with Crippen molar-refractivity contribution in [3.63, 3.8) is 0 Å². The molecule has 0 radical (unpaired) electrons. The van der Waals surface area contributed by atoms with Gasteiger partial charge in [-0.25, -0.2) is 14.6 Å². The summed E-state index contributed by atoms with van der Waals surface area (Å²) in [6.07, 6.45) is 8.94. The number of pyridine rings is 2. The van der Waals surface area contributed by atoms with Crippen LogP contribution in [-0.2, 0) is 70.1 Å². The molecule has 0 saturated carbocycles. The number of hydrazone groups is 1. The van der Waals surface area contributed by atoms with Gasteiger partial charge >= 0.3 is 12.1 Å². The van der Waals surface area contributed by atoms with Crippen molar-refractivity contribution in [3.8, 4) is 11.1 Å². The second kappa shape index (κ2) is 38.9.